The van der Waals surface area contributed by atoms with Crippen molar-refractivity contribution in [3.05, 3.63) is 0 Å². The highest BCUT2D eigenvalue weighted by molar-refractivity contribution is 5.10. The van der Waals surface area contributed by atoms with Crippen LogP contribution in [0.3, 0.4) is 0 Å². The number of hydrogen-bond donors (Lipinski definition) is 0. The molecule has 4 fully saturated rings. The average Bonchev–Trinajstić information content (AvgIpc) is 3.03. The van der Waals surface area contributed by atoms with Crippen molar-refractivity contribution in [2.45, 2.75) is 97.3 Å². The van der Waals surface area contributed by atoms with Crippen molar-refractivity contribution in [3.8, 4) is 0 Å². The second-order valence-electron chi connectivity index (χ2n) is 11.8. The summed E-state index contributed by atoms with van der Waals surface area (Å²) >= 11 is 0. The van der Waals surface area contributed by atoms with E-state index in [9.17, 15) is 22.0 Å². The van der Waals surface area contributed by atoms with E-state index >= 15 is 0 Å². The van der Waals surface area contributed by atoms with E-state index in [1.807, 2.05) is 0 Å². The molecule has 1 nitrogen and oxygen atoms in total. The van der Waals surface area contributed by atoms with Crippen LogP contribution < -0.4 is 0 Å². The fraction of sp³-hybridized carbons (Fsp3) is 1.00. The van der Waals surface area contributed by atoms with Crippen molar-refractivity contribution >= 4 is 0 Å². The molecule has 4 saturated carbocycles. The molecule has 180 valence electrons. The Hall–Kier alpha value is -0.390. The van der Waals surface area contributed by atoms with Gasteiger partial charge in [0.25, 0.3) is 0 Å². The lowest BCUT2D eigenvalue weighted by Gasteiger charge is -2.61. The van der Waals surface area contributed by atoms with Gasteiger partial charge in [-0.15, -0.1) is 0 Å². The van der Waals surface area contributed by atoms with Crippen LogP contribution in [0, 0.1) is 52.3 Å². The molecule has 0 saturated heterocycles. The van der Waals surface area contributed by atoms with E-state index in [4.69, 9.17) is 4.74 Å². The fourth-order valence-corrected chi connectivity index (χ4v) is 9.28. The Morgan fingerprint density at radius 3 is 2.13 bits per heavy atom. The summed E-state index contributed by atoms with van der Waals surface area (Å²) < 4.78 is 72.5. The average molecular weight is 451 g/mol. The van der Waals surface area contributed by atoms with Crippen LogP contribution in [-0.2, 0) is 4.74 Å². The van der Waals surface area contributed by atoms with Gasteiger partial charge in [-0.05, 0) is 104 Å². The zero-order valence-electron chi connectivity index (χ0n) is 19.4. The largest absolute Gasteiger partial charge is 0.414 e. The van der Waals surface area contributed by atoms with Gasteiger partial charge in [-0.2, -0.15) is 13.2 Å². The van der Waals surface area contributed by atoms with Crippen LogP contribution in [-0.4, -0.2) is 25.8 Å². The van der Waals surface area contributed by atoms with Crippen LogP contribution in [0.25, 0.3) is 0 Å². The number of ether oxygens (including phenoxy) is 1. The maximum Gasteiger partial charge on any atom is 0.414 e. The van der Waals surface area contributed by atoms with Crippen molar-refractivity contribution in [1.82, 2.24) is 0 Å². The van der Waals surface area contributed by atoms with Crippen molar-refractivity contribution < 1.29 is 26.7 Å². The second-order valence-corrected chi connectivity index (χ2v) is 11.8. The summed E-state index contributed by atoms with van der Waals surface area (Å²) in [6.45, 7) is 6.32. The third-order valence-electron chi connectivity index (χ3n) is 10.8. The van der Waals surface area contributed by atoms with Crippen molar-refractivity contribution in [2.75, 3.05) is 7.11 Å². The number of halogens is 5. The second kappa shape index (κ2) is 8.13. The minimum Gasteiger partial charge on any atom is -0.372 e. The van der Waals surface area contributed by atoms with E-state index in [1.54, 1.807) is 6.92 Å². The van der Waals surface area contributed by atoms with Crippen LogP contribution in [0.15, 0.2) is 0 Å². The van der Waals surface area contributed by atoms with Crippen LogP contribution in [0.2, 0.25) is 0 Å². The van der Waals surface area contributed by atoms with Crippen LogP contribution in [0.5, 0.6) is 0 Å². The Balaban J connectivity index is 1.53. The van der Waals surface area contributed by atoms with E-state index < -0.39 is 30.5 Å². The maximum atomic E-state index is 13.6. The standard InChI is InChI=1S/C25H39F5O/c1-14(21(31-4)25(28,29)30)18-7-8-19-17-6-5-16-13-15(22(26)27)9-11-23(16,2)20(17)10-12-24(18,19)3/h14-22H,5-13H2,1-4H3/t14-,15-,16+,17-,18+,19-,20-,21-,23-,24+/m0/s1. The first-order valence-electron chi connectivity index (χ1n) is 12.3. The van der Waals surface area contributed by atoms with Gasteiger partial charge in [-0.25, -0.2) is 8.78 Å². The molecule has 0 heterocycles. The van der Waals surface area contributed by atoms with Crippen molar-refractivity contribution in [3.63, 3.8) is 0 Å². The molecule has 0 spiro atoms. The summed E-state index contributed by atoms with van der Waals surface area (Å²) in [5.74, 6) is 0.925. The Labute approximate surface area is 183 Å². The van der Waals surface area contributed by atoms with Crippen molar-refractivity contribution in [1.29, 1.82) is 0 Å². The Morgan fingerprint density at radius 2 is 1.52 bits per heavy atom. The Bertz CT molecular complexity index is 650. The molecule has 0 unspecified atom stereocenters. The molecular formula is C25H39F5O. The first-order chi connectivity index (χ1) is 14.4. The molecule has 10 atom stereocenters. The number of rotatable bonds is 4. The highest BCUT2D eigenvalue weighted by Gasteiger charge is 2.62. The van der Waals surface area contributed by atoms with Gasteiger partial charge in [0.2, 0.25) is 6.43 Å². The fourth-order valence-electron chi connectivity index (χ4n) is 9.28. The summed E-state index contributed by atoms with van der Waals surface area (Å²) in [6, 6.07) is 0. The summed E-state index contributed by atoms with van der Waals surface area (Å²) in [5.41, 5.74) is 0.0480. The molecule has 4 aliphatic carbocycles. The van der Waals surface area contributed by atoms with E-state index in [-0.39, 0.29) is 16.7 Å². The minimum absolute atomic E-state index is 0.0186. The normalized spacial score (nSPS) is 47.4. The minimum atomic E-state index is -4.34. The highest BCUT2D eigenvalue weighted by atomic mass is 19.4. The predicted molar refractivity (Wildman–Crippen MR) is 111 cm³/mol. The number of alkyl halides is 5. The third kappa shape index (κ3) is 3.75. The molecule has 0 amide bonds. The highest BCUT2D eigenvalue weighted by Crippen LogP contribution is 2.69. The molecule has 0 bridgehead atoms. The van der Waals surface area contributed by atoms with E-state index in [2.05, 4.69) is 13.8 Å². The van der Waals surface area contributed by atoms with E-state index in [0.29, 0.717) is 36.5 Å². The first kappa shape index (κ1) is 23.8. The van der Waals surface area contributed by atoms with Gasteiger partial charge in [0.1, 0.15) is 0 Å². The third-order valence-corrected chi connectivity index (χ3v) is 10.8. The number of methoxy groups -OCH3 is 1. The molecule has 0 aromatic carbocycles. The van der Waals surface area contributed by atoms with Crippen LogP contribution in [0.1, 0.15) is 78.6 Å². The number of hydrogen-bond acceptors (Lipinski definition) is 1. The molecule has 0 N–H and O–H groups in total. The smallest absolute Gasteiger partial charge is 0.372 e. The first-order valence-corrected chi connectivity index (χ1v) is 12.3. The SMILES string of the molecule is CO[C@@H]([C@@H](C)[C@H]1CC[C@H]2[C@@H]3CC[C@@H]4C[C@@H](C(F)F)CC[C@]4(C)[C@H]3CC[C@]12C)C(F)(F)F. The molecule has 31 heavy (non-hydrogen) atoms. The van der Waals surface area contributed by atoms with Gasteiger partial charge in [-0.1, -0.05) is 20.8 Å². The zero-order valence-corrected chi connectivity index (χ0v) is 19.4. The van der Waals surface area contributed by atoms with Crippen molar-refractivity contribution in [2.24, 2.45) is 52.3 Å². The molecule has 0 radical (unpaired) electrons. The zero-order chi connectivity index (χ0) is 22.8. The monoisotopic (exact) mass is 450 g/mol. The summed E-state index contributed by atoms with van der Waals surface area (Å²) in [6.07, 6.45) is -0.176. The lowest BCUT2D eigenvalue weighted by atomic mass is 9.44. The molecule has 0 aromatic heterocycles. The quantitative estimate of drug-likeness (QED) is 0.398. The van der Waals surface area contributed by atoms with Gasteiger partial charge >= 0.3 is 6.18 Å². The maximum absolute atomic E-state index is 13.6. The molecule has 4 aliphatic rings. The summed E-state index contributed by atoms with van der Waals surface area (Å²) in [5, 5.41) is 0. The van der Waals surface area contributed by atoms with Gasteiger partial charge < -0.3 is 4.74 Å². The van der Waals surface area contributed by atoms with Gasteiger partial charge in [0.05, 0.1) is 0 Å². The van der Waals surface area contributed by atoms with E-state index in [1.165, 1.54) is 7.11 Å². The van der Waals surface area contributed by atoms with Gasteiger partial charge in [-0.3, -0.25) is 0 Å². The topological polar surface area (TPSA) is 9.23 Å². The lowest BCUT2D eigenvalue weighted by molar-refractivity contribution is -0.237. The lowest BCUT2D eigenvalue weighted by Crippen LogP contribution is -2.54. The predicted octanol–water partition coefficient (Wildman–Crippen LogP) is 7.74. The molecule has 0 aliphatic heterocycles. The van der Waals surface area contributed by atoms with E-state index in [0.717, 1.165) is 44.9 Å². The Morgan fingerprint density at radius 1 is 0.871 bits per heavy atom. The Kier molecular flexibility index (Phi) is 6.23. The molecule has 4 rings (SSSR count). The van der Waals surface area contributed by atoms with Gasteiger partial charge in [0.15, 0.2) is 6.10 Å². The molecular weight excluding hydrogens is 411 g/mol. The van der Waals surface area contributed by atoms with Crippen LogP contribution in [0.4, 0.5) is 22.0 Å². The summed E-state index contributed by atoms with van der Waals surface area (Å²) in [4.78, 5) is 0. The molecule has 0 aromatic rings. The summed E-state index contributed by atoms with van der Waals surface area (Å²) in [7, 11) is 1.18. The molecule has 6 heteroatoms. The van der Waals surface area contributed by atoms with Crippen LogP contribution >= 0.6 is 0 Å². The number of fused-ring (bicyclic) bond motifs is 5. The van der Waals surface area contributed by atoms with Gasteiger partial charge in [0, 0.05) is 13.0 Å².